The van der Waals surface area contributed by atoms with E-state index in [9.17, 15) is 9.90 Å². The average molecular weight is 352 g/mol. The van der Waals surface area contributed by atoms with Crippen LogP contribution in [-0.4, -0.2) is 65.7 Å². The number of aldehydes is 1. The first-order valence-corrected chi connectivity index (χ1v) is 7.86. The van der Waals surface area contributed by atoms with Gasteiger partial charge in [0.05, 0.1) is 6.61 Å². The number of aliphatic hydroxyl groups is 1. The van der Waals surface area contributed by atoms with Gasteiger partial charge in [-0.1, -0.05) is 0 Å². The molecule has 0 fully saturated rings. The Morgan fingerprint density at radius 3 is 1.95 bits per heavy atom. The minimum Gasteiger partial charge on any atom is -0.478 e. The molecule has 0 aromatic heterocycles. The minimum absolute atomic E-state index is 0.236. The molecule has 4 atom stereocenters. The predicted molar refractivity (Wildman–Crippen MR) is 90.3 cm³/mol. The van der Waals surface area contributed by atoms with Gasteiger partial charge < -0.3 is 28.8 Å². The van der Waals surface area contributed by atoms with Crippen LogP contribution in [0.15, 0.2) is 0 Å². The highest BCUT2D eigenvalue weighted by atomic mass is 32.1. The molecule has 0 heterocycles. The number of hydrogen-bond acceptors (Lipinski definition) is 8. The minimum atomic E-state index is -0.868. The maximum Gasteiger partial charge on any atom is 0.167 e. The molecule has 22 heavy (non-hydrogen) atoms. The highest BCUT2D eigenvalue weighted by Gasteiger charge is 2.39. The van der Waals surface area contributed by atoms with Crippen LogP contribution >= 0.6 is 24.4 Å². The van der Waals surface area contributed by atoms with E-state index in [0.29, 0.717) is 19.5 Å². The number of carbonyl (C=O) groups excluding carboxylic acids is 1. The summed E-state index contributed by atoms with van der Waals surface area (Å²) in [7, 11) is 0. The van der Waals surface area contributed by atoms with Crippen molar-refractivity contribution in [2.75, 3.05) is 19.8 Å². The Labute approximate surface area is 142 Å². The first-order chi connectivity index (χ1) is 10.4. The van der Waals surface area contributed by atoms with Gasteiger partial charge in [0.2, 0.25) is 0 Å². The Morgan fingerprint density at radius 1 is 1.05 bits per heavy atom. The molecule has 0 bridgehead atoms. The molecule has 128 valence electrons. The number of hydrogen-bond donors (Lipinski definition) is 1. The summed E-state index contributed by atoms with van der Waals surface area (Å²) >= 11 is 9.87. The summed E-state index contributed by atoms with van der Waals surface area (Å²) in [6.45, 7) is 6.99. The fourth-order valence-corrected chi connectivity index (χ4v) is 2.18. The molecule has 6 nitrogen and oxygen atoms in total. The second kappa shape index (κ2) is 11.8. The lowest BCUT2D eigenvalue weighted by molar-refractivity contribution is -0.153. The molecule has 4 unspecified atom stereocenters. The fraction of sp³-hybridized carbons (Fsp3) is 0.786. The van der Waals surface area contributed by atoms with Crippen LogP contribution in [0.3, 0.4) is 0 Å². The van der Waals surface area contributed by atoms with Crippen molar-refractivity contribution in [2.45, 2.75) is 52.1 Å². The smallest absolute Gasteiger partial charge is 0.167 e. The zero-order valence-corrected chi connectivity index (χ0v) is 14.9. The van der Waals surface area contributed by atoms with E-state index >= 15 is 0 Å². The summed E-state index contributed by atoms with van der Waals surface area (Å²) < 4.78 is 22.0. The van der Waals surface area contributed by atoms with E-state index < -0.39 is 24.4 Å². The number of carbonyl (C=O) groups is 1. The van der Waals surface area contributed by atoms with E-state index in [-0.39, 0.29) is 16.7 Å². The Morgan fingerprint density at radius 2 is 1.59 bits per heavy atom. The number of rotatable bonds is 11. The van der Waals surface area contributed by atoms with Gasteiger partial charge in [0.1, 0.15) is 12.2 Å². The second-order valence-electron chi connectivity index (χ2n) is 4.38. The van der Waals surface area contributed by atoms with Gasteiger partial charge in [0.25, 0.3) is 0 Å². The van der Waals surface area contributed by atoms with Crippen molar-refractivity contribution >= 4 is 40.8 Å². The molecular weight excluding hydrogens is 328 g/mol. The van der Waals surface area contributed by atoms with Crippen molar-refractivity contribution < 1.29 is 28.8 Å². The molecular formula is C14H24O6S2. The normalized spacial score (nSPS) is 16.2. The summed E-state index contributed by atoms with van der Waals surface area (Å²) in [4.78, 5) is 11.3. The Bertz CT molecular complexity index is 363. The monoisotopic (exact) mass is 352 g/mol. The van der Waals surface area contributed by atoms with Crippen LogP contribution in [0.4, 0.5) is 0 Å². The van der Waals surface area contributed by atoms with E-state index in [1.165, 1.54) is 0 Å². The lowest BCUT2D eigenvalue weighted by Gasteiger charge is -2.34. The molecule has 0 aliphatic heterocycles. The Balaban J connectivity index is 5.46. The van der Waals surface area contributed by atoms with Gasteiger partial charge in [-0.2, -0.15) is 0 Å². The SMILES string of the molecule is CCOC(C=O)C(OCC)C(OC(C)=S)C(CO)OC(C)=S. The highest BCUT2D eigenvalue weighted by molar-refractivity contribution is 7.80. The number of aliphatic hydroxyl groups excluding tert-OH is 1. The van der Waals surface area contributed by atoms with Gasteiger partial charge >= 0.3 is 0 Å². The predicted octanol–water partition coefficient (Wildman–Crippen LogP) is 1.45. The van der Waals surface area contributed by atoms with E-state index in [1.54, 1.807) is 27.7 Å². The van der Waals surface area contributed by atoms with Crippen LogP contribution < -0.4 is 0 Å². The maximum atomic E-state index is 11.3. The lowest BCUT2D eigenvalue weighted by Crippen LogP contribution is -2.52. The summed E-state index contributed by atoms with van der Waals surface area (Å²) in [6.07, 6.45) is -2.67. The second-order valence-corrected chi connectivity index (χ2v) is 5.53. The molecule has 0 spiro atoms. The summed E-state index contributed by atoms with van der Waals surface area (Å²) in [5.74, 6) is 0. The molecule has 0 saturated heterocycles. The molecule has 0 amide bonds. The summed E-state index contributed by atoms with van der Waals surface area (Å²) in [6, 6.07) is 0. The van der Waals surface area contributed by atoms with Crippen LogP contribution in [0.2, 0.25) is 0 Å². The Hall–Kier alpha value is -0.670. The zero-order valence-electron chi connectivity index (χ0n) is 13.3. The fourth-order valence-electron chi connectivity index (χ4n) is 1.94. The average Bonchev–Trinajstić information content (AvgIpc) is 2.46. The van der Waals surface area contributed by atoms with Crippen LogP contribution in [0.5, 0.6) is 0 Å². The summed E-state index contributed by atoms with van der Waals surface area (Å²) in [5.41, 5.74) is 0. The molecule has 0 aliphatic carbocycles. The van der Waals surface area contributed by atoms with Crippen LogP contribution in [0, 0.1) is 0 Å². The van der Waals surface area contributed by atoms with Gasteiger partial charge in [-0.3, -0.25) is 0 Å². The van der Waals surface area contributed by atoms with Gasteiger partial charge in [-0.25, -0.2) is 0 Å². The van der Waals surface area contributed by atoms with E-state index in [2.05, 4.69) is 0 Å². The van der Waals surface area contributed by atoms with Gasteiger partial charge in [-0.15, -0.1) is 0 Å². The van der Waals surface area contributed by atoms with Gasteiger partial charge in [0.15, 0.2) is 28.6 Å². The molecule has 0 aromatic carbocycles. The van der Waals surface area contributed by atoms with Crippen molar-refractivity contribution in [3.05, 3.63) is 0 Å². The molecule has 0 saturated carbocycles. The van der Waals surface area contributed by atoms with Crippen molar-refractivity contribution in [3.63, 3.8) is 0 Å². The van der Waals surface area contributed by atoms with E-state index in [4.69, 9.17) is 43.4 Å². The van der Waals surface area contributed by atoms with Crippen molar-refractivity contribution in [1.29, 1.82) is 0 Å². The van der Waals surface area contributed by atoms with Gasteiger partial charge in [-0.05, 0) is 38.3 Å². The molecule has 8 heteroatoms. The lowest BCUT2D eigenvalue weighted by atomic mass is 10.0. The van der Waals surface area contributed by atoms with Gasteiger partial charge in [0, 0.05) is 27.1 Å². The zero-order chi connectivity index (χ0) is 17.1. The van der Waals surface area contributed by atoms with Crippen LogP contribution in [-0.2, 0) is 23.7 Å². The summed E-state index contributed by atoms with van der Waals surface area (Å²) in [5, 5.41) is 10.0. The van der Waals surface area contributed by atoms with Crippen molar-refractivity contribution in [1.82, 2.24) is 0 Å². The highest BCUT2D eigenvalue weighted by Crippen LogP contribution is 2.18. The number of thiocarbonyl (C=S) groups is 2. The van der Waals surface area contributed by atoms with E-state index in [0.717, 1.165) is 0 Å². The van der Waals surface area contributed by atoms with E-state index in [1.807, 2.05) is 0 Å². The molecule has 0 aromatic rings. The largest absolute Gasteiger partial charge is 0.478 e. The third-order valence-electron chi connectivity index (χ3n) is 2.67. The maximum absolute atomic E-state index is 11.3. The first-order valence-electron chi connectivity index (χ1n) is 7.04. The molecule has 1 N–H and O–H groups in total. The third kappa shape index (κ3) is 7.55. The molecule has 0 aliphatic rings. The van der Waals surface area contributed by atoms with Crippen molar-refractivity contribution in [2.24, 2.45) is 0 Å². The molecule has 0 radical (unpaired) electrons. The standard InChI is InChI=1S/C14H24O6S2/c1-5-17-11(7-15)13(18-6-2)14(20-10(4)22)12(8-16)19-9(3)21/h7,11-14,16H,5-6,8H2,1-4H3. The van der Waals surface area contributed by atoms with Crippen LogP contribution in [0.1, 0.15) is 27.7 Å². The molecule has 0 rings (SSSR count). The van der Waals surface area contributed by atoms with Crippen molar-refractivity contribution in [3.8, 4) is 0 Å². The number of ether oxygens (including phenoxy) is 4. The topological polar surface area (TPSA) is 74.2 Å². The quantitative estimate of drug-likeness (QED) is 0.442. The Kier molecular flexibility index (Phi) is 11.5. The first kappa shape index (κ1) is 21.3. The van der Waals surface area contributed by atoms with Crippen LogP contribution in [0.25, 0.3) is 0 Å². The third-order valence-corrected chi connectivity index (χ3v) is 2.86.